The number of carbonyl (C=O) groups excluding carboxylic acids is 1. The van der Waals surface area contributed by atoms with Crippen LogP contribution in [0, 0.1) is 12.8 Å². The van der Waals surface area contributed by atoms with Gasteiger partial charge in [0.25, 0.3) is 0 Å². The van der Waals surface area contributed by atoms with Crippen molar-refractivity contribution in [2.45, 2.75) is 58.9 Å². The van der Waals surface area contributed by atoms with Crippen molar-refractivity contribution < 1.29 is 9.53 Å². The molecule has 1 fully saturated rings. The highest BCUT2D eigenvalue weighted by Crippen LogP contribution is 2.34. The molecule has 2 aliphatic rings. The molecule has 0 atom stereocenters. The molecule has 0 unspecified atom stereocenters. The molecule has 1 aromatic heterocycles. The lowest BCUT2D eigenvalue weighted by molar-refractivity contribution is -0.135. The van der Waals surface area contributed by atoms with E-state index >= 15 is 0 Å². The van der Waals surface area contributed by atoms with Crippen molar-refractivity contribution in [1.29, 1.82) is 0 Å². The summed E-state index contributed by atoms with van der Waals surface area (Å²) in [5.41, 5.74) is 3.55. The Morgan fingerprint density at radius 2 is 1.90 bits per heavy atom. The number of rotatable bonds is 5. The number of carbonyl (C=O) groups is 1. The van der Waals surface area contributed by atoms with Crippen molar-refractivity contribution in [3.8, 4) is 5.75 Å². The molecule has 0 aliphatic carbocycles. The summed E-state index contributed by atoms with van der Waals surface area (Å²) in [6.07, 6.45) is 4.01. The summed E-state index contributed by atoms with van der Waals surface area (Å²) in [5.74, 6) is 3.57. The first-order valence-corrected chi connectivity index (χ1v) is 11.5. The normalized spacial score (nSPS) is 17.1. The number of aromatic nitrogens is 2. The van der Waals surface area contributed by atoms with Gasteiger partial charge in [-0.2, -0.15) is 0 Å². The van der Waals surface area contributed by atoms with Crippen LogP contribution in [0.4, 0.5) is 5.82 Å². The number of amides is 1. The van der Waals surface area contributed by atoms with Gasteiger partial charge in [0.1, 0.15) is 17.4 Å². The predicted molar refractivity (Wildman–Crippen MR) is 123 cm³/mol. The summed E-state index contributed by atoms with van der Waals surface area (Å²) in [6.45, 7) is 9.43. The molecular weight excluding hydrogens is 388 g/mol. The molecule has 1 amide bonds. The van der Waals surface area contributed by atoms with E-state index in [1.165, 1.54) is 11.1 Å². The summed E-state index contributed by atoms with van der Waals surface area (Å²) in [5, 5.41) is 0. The van der Waals surface area contributed by atoms with Crippen LogP contribution in [0.5, 0.6) is 5.75 Å². The molecule has 0 N–H and O–H groups in total. The minimum atomic E-state index is 0.0577. The molecule has 0 radical (unpaired) electrons. The number of aryl methyl sites for hydroxylation is 1. The van der Waals surface area contributed by atoms with Crippen LogP contribution in [0.25, 0.3) is 0 Å². The summed E-state index contributed by atoms with van der Waals surface area (Å²) in [6, 6.07) is 8.21. The number of piperidine rings is 1. The summed E-state index contributed by atoms with van der Waals surface area (Å²) < 4.78 is 5.57. The largest absolute Gasteiger partial charge is 0.496 e. The monoisotopic (exact) mass is 422 g/mol. The van der Waals surface area contributed by atoms with E-state index in [4.69, 9.17) is 14.7 Å². The molecule has 1 aromatic carbocycles. The highest BCUT2D eigenvalue weighted by atomic mass is 16.5. The fourth-order valence-electron chi connectivity index (χ4n) is 4.81. The Hall–Kier alpha value is -2.63. The maximum absolute atomic E-state index is 12.3. The lowest BCUT2D eigenvalue weighted by atomic mass is 9.94. The van der Waals surface area contributed by atoms with Gasteiger partial charge in [0.2, 0.25) is 5.91 Å². The molecule has 0 bridgehead atoms. The van der Waals surface area contributed by atoms with E-state index in [1.54, 1.807) is 7.11 Å². The Morgan fingerprint density at radius 1 is 1.16 bits per heavy atom. The van der Waals surface area contributed by atoms with Gasteiger partial charge in [0, 0.05) is 54.8 Å². The second-order valence-corrected chi connectivity index (χ2v) is 9.06. The third-order valence-electron chi connectivity index (χ3n) is 6.58. The van der Waals surface area contributed by atoms with Gasteiger partial charge in [0.05, 0.1) is 7.11 Å². The topological polar surface area (TPSA) is 58.6 Å². The summed E-state index contributed by atoms with van der Waals surface area (Å²) in [4.78, 5) is 26.7. The zero-order valence-corrected chi connectivity index (χ0v) is 19.2. The Balaban J connectivity index is 1.56. The maximum Gasteiger partial charge on any atom is 0.225 e. The van der Waals surface area contributed by atoms with Gasteiger partial charge in [-0.25, -0.2) is 9.97 Å². The van der Waals surface area contributed by atoms with Crippen LogP contribution in [0.3, 0.4) is 0 Å². The first-order chi connectivity index (χ1) is 15.0. The highest BCUT2D eigenvalue weighted by molar-refractivity contribution is 5.78. The molecular formula is C25H34N4O2. The van der Waals surface area contributed by atoms with Crippen LogP contribution in [-0.4, -0.2) is 47.5 Å². The van der Waals surface area contributed by atoms with Crippen molar-refractivity contribution in [3.05, 3.63) is 46.9 Å². The van der Waals surface area contributed by atoms with Crippen LogP contribution in [0.15, 0.2) is 24.3 Å². The molecule has 6 heteroatoms. The number of hydrogen-bond donors (Lipinski definition) is 0. The predicted octanol–water partition coefficient (Wildman–Crippen LogP) is 4.11. The minimum absolute atomic E-state index is 0.0577. The number of hydrogen-bond acceptors (Lipinski definition) is 5. The van der Waals surface area contributed by atoms with Crippen molar-refractivity contribution in [1.82, 2.24) is 14.9 Å². The van der Waals surface area contributed by atoms with Crippen molar-refractivity contribution in [2.24, 2.45) is 5.92 Å². The van der Waals surface area contributed by atoms with Gasteiger partial charge >= 0.3 is 0 Å². The van der Waals surface area contributed by atoms with Crippen molar-refractivity contribution in [2.75, 3.05) is 31.6 Å². The Bertz CT molecular complexity index is 935. The lowest BCUT2D eigenvalue weighted by Gasteiger charge is -2.34. The van der Waals surface area contributed by atoms with Crippen LogP contribution in [-0.2, 0) is 17.8 Å². The lowest BCUT2D eigenvalue weighted by Crippen LogP contribution is -2.40. The number of nitrogens with zero attached hydrogens (tertiary/aromatic N) is 4. The SMILES string of the molecule is COc1ccccc1CN1CCCc2c(C)nc(C3CCN(C(=O)C(C)C)CC3)nc21. The molecule has 3 heterocycles. The Labute approximate surface area is 185 Å². The molecule has 1 saturated heterocycles. The highest BCUT2D eigenvalue weighted by Gasteiger charge is 2.29. The van der Waals surface area contributed by atoms with Gasteiger partial charge in [-0.15, -0.1) is 0 Å². The third-order valence-corrected chi connectivity index (χ3v) is 6.58. The fraction of sp³-hybridized carbons (Fsp3) is 0.560. The van der Waals surface area contributed by atoms with Gasteiger partial charge in [-0.1, -0.05) is 32.0 Å². The second-order valence-electron chi connectivity index (χ2n) is 9.06. The van der Waals surface area contributed by atoms with E-state index in [9.17, 15) is 4.79 Å². The molecule has 0 saturated carbocycles. The quantitative estimate of drug-likeness (QED) is 0.726. The molecule has 0 spiro atoms. The van der Waals surface area contributed by atoms with Crippen molar-refractivity contribution in [3.63, 3.8) is 0 Å². The number of fused-ring (bicyclic) bond motifs is 1. The van der Waals surface area contributed by atoms with Crippen LogP contribution in [0.2, 0.25) is 0 Å². The molecule has 2 aliphatic heterocycles. The van der Waals surface area contributed by atoms with E-state index in [-0.39, 0.29) is 11.8 Å². The third kappa shape index (κ3) is 4.53. The molecule has 2 aromatic rings. The average molecular weight is 423 g/mol. The standard InChI is InChI=1S/C25H34N4O2/c1-17(2)25(30)28-14-11-19(12-15-28)23-26-18(3)21-9-7-13-29(24(21)27-23)16-20-8-5-6-10-22(20)31-4/h5-6,8,10,17,19H,7,9,11-16H2,1-4H3. The minimum Gasteiger partial charge on any atom is -0.496 e. The van der Waals surface area contributed by atoms with E-state index in [0.29, 0.717) is 5.92 Å². The second kappa shape index (κ2) is 9.25. The van der Waals surface area contributed by atoms with E-state index in [2.05, 4.69) is 24.0 Å². The average Bonchev–Trinajstić information content (AvgIpc) is 2.79. The molecule has 166 valence electrons. The van der Waals surface area contributed by atoms with Gasteiger partial charge in [-0.3, -0.25) is 4.79 Å². The molecule has 6 nitrogen and oxygen atoms in total. The fourth-order valence-corrected chi connectivity index (χ4v) is 4.81. The number of likely N-dealkylation sites (tertiary alicyclic amines) is 1. The molecule has 4 rings (SSSR count). The van der Waals surface area contributed by atoms with Crippen LogP contribution in [0.1, 0.15) is 61.7 Å². The molecule has 31 heavy (non-hydrogen) atoms. The van der Waals surface area contributed by atoms with Gasteiger partial charge in [0.15, 0.2) is 0 Å². The Kier molecular flexibility index (Phi) is 6.44. The van der Waals surface area contributed by atoms with E-state index < -0.39 is 0 Å². The van der Waals surface area contributed by atoms with Crippen LogP contribution >= 0.6 is 0 Å². The number of benzene rings is 1. The van der Waals surface area contributed by atoms with E-state index in [1.807, 2.05) is 30.9 Å². The van der Waals surface area contributed by atoms with E-state index in [0.717, 1.165) is 74.9 Å². The van der Waals surface area contributed by atoms with Crippen molar-refractivity contribution >= 4 is 11.7 Å². The zero-order chi connectivity index (χ0) is 22.0. The number of anilines is 1. The van der Waals surface area contributed by atoms with Gasteiger partial charge in [-0.05, 0) is 38.7 Å². The first-order valence-electron chi connectivity index (χ1n) is 11.5. The summed E-state index contributed by atoms with van der Waals surface area (Å²) >= 11 is 0. The van der Waals surface area contributed by atoms with Crippen LogP contribution < -0.4 is 9.64 Å². The number of ether oxygens (including phenoxy) is 1. The van der Waals surface area contributed by atoms with Gasteiger partial charge < -0.3 is 14.5 Å². The smallest absolute Gasteiger partial charge is 0.225 e. The first kappa shape index (κ1) is 21.6. The maximum atomic E-state index is 12.3. The number of methoxy groups -OCH3 is 1. The Morgan fingerprint density at radius 3 is 2.61 bits per heavy atom. The zero-order valence-electron chi connectivity index (χ0n) is 19.2. The number of para-hydroxylation sites is 1. The summed E-state index contributed by atoms with van der Waals surface area (Å²) in [7, 11) is 1.73.